The van der Waals surface area contributed by atoms with E-state index in [2.05, 4.69) is 5.32 Å². The van der Waals surface area contributed by atoms with Crippen molar-refractivity contribution >= 4 is 12.4 Å². The topological polar surface area (TPSA) is 55.4 Å². The van der Waals surface area contributed by atoms with Crippen molar-refractivity contribution in [2.24, 2.45) is 5.41 Å². The lowest BCUT2D eigenvalue weighted by molar-refractivity contribution is -0.115. The van der Waals surface area contributed by atoms with Crippen molar-refractivity contribution in [1.82, 2.24) is 5.32 Å². The standard InChI is InChI=1S/C12H23NO3/c1-9(7-12(5,6)8-14)13-10(15)16-11(2,3)4/h8-9H,7H2,1-6H3,(H,13,15). The molecule has 4 heteroatoms. The largest absolute Gasteiger partial charge is 0.444 e. The van der Waals surface area contributed by atoms with E-state index in [9.17, 15) is 9.59 Å². The molecule has 0 aliphatic carbocycles. The Morgan fingerprint density at radius 3 is 2.19 bits per heavy atom. The van der Waals surface area contributed by atoms with Gasteiger partial charge in [0.1, 0.15) is 11.9 Å². The van der Waals surface area contributed by atoms with Crippen LogP contribution in [0.5, 0.6) is 0 Å². The minimum absolute atomic E-state index is 0.0879. The molecular formula is C12H23NO3. The van der Waals surface area contributed by atoms with Gasteiger partial charge in [0.05, 0.1) is 0 Å². The number of carbonyl (C=O) groups is 2. The lowest BCUT2D eigenvalue weighted by Crippen LogP contribution is -2.39. The first-order valence-electron chi connectivity index (χ1n) is 5.51. The van der Waals surface area contributed by atoms with Gasteiger partial charge in [0.15, 0.2) is 0 Å². The highest BCUT2D eigenvalue weighted by Gasteiger charge is 2.23. The van der Waals surface area contributed by atoms with E-state index in [1.807, 2.05) is 41.5 Å². The summed E-state index contributed by atoms with van der Waals surface area (Å²) in [6, 6.07) is -0.0879. The van der Waals surface area contributed by atoms with Crippen molar-refractivity contribution in [2.75, 3.05) is 0 Å². The van der Waals surface area contributed by atoms with Crippen molar-refractivity contribution in [1.29, 1.82) is 0 Å². The van der Waals surface area contributed by atoms with Crippen molar-refractivity contribution < 1.29 is 14.3 Å². The van der Waals surface area contributed by atoms with E-state index in [4.69, 9.17) is 4.74 Å². The van der Waals surface area contributed by atoms with E-state index < -0.39 is 17.1 Å². The molecule has 0 aromatic heterocycles. The molecular weight excluding hydrogens is 206 g/mol. The molecule has 0 saturated heterocycles. The first kappa shape index (κ1) is 14.9. The monoisotopic (exact) mass is 229 g/mol. The number of ether oxygens (including phenoxy) is 1. The van der Waals surface area contributed by atoms with Crippen LogP contribution in [0, 0.1) is 5.41 Å². The van der Waals surface area contributed by atoms with E-state index >= 15 is 0 Å². The fraction of sp³-hybridized carbons (Fsp3) is 0.833. The van der Waals surface area contributed by atoms with Crippen LogP contribution in [0.2, 0.25) is 0 Å². The molecule has 0 bridgehead atoms. The number of nitrogens with one attached hydrogen (secondary N) is 1. The van der Waals surface area contributed by atoms with Crippen LogP contribution in [0.15, 0.2) is 0 Å². The summed E-state index contributed by atoms with van der Waals surface area (Å²) in [5.74, 6) is 0. The predicted octanol–water partition coefficient (Wildman–Crippen LogP) is 2.51. The Balaban J connectivity index is 4.11. The van der Waals surface area contributed by atoms with Crippen LogP contribution in [0.4, 0.5) is 4.79 Å². The molecule has 1 unspecified atom stereocenters. The molecule has 0 rings (SSSR count). The van der Waals surface area contributed by atoms with Crippen LogP contribution in [0.1, 0.15) is 48.0 Å². The Kier molecular flexibility index (Phi) is 4.97. The van der Waals surface area contributed by atoms with Crippen molar-refractivity contribution in [3.63, 3.8) is 0 Å². The average Bonchev–Trinajstić information content (AvgIpc) is 1.98. The van der Waals surface area contributed by atoms with Gasteiger partial charge in [0.2, 0.25) is 0 Å². The second-order valence-electron chi connectivity index (χ2n) is 5.86. The highest BCUT2D eigenvalue weighted by molar-refractivity contribution is 5.68. The SMILES string of the molecule is CC(CC(C)(C)C=O)NC(=O)OC(C)(C)C. The number of alkyl carbamates (subject to hydrolysis) is 1. The van der Waals surface area contributed by atoms with Gasteiger partial charge in [-0.05, 0) is 34.1 Å². The van der Waals surface area contributed by atoms with E-state index in [1.54, 1.807) is 0 Å². The van der Waals surface area contributed by atoms with Crippen LogP contribution in [0.25, 0.3) is 0 Å². The maximum absolute atomic E-state index is 11.4. The quantitative estimate of drug-likeness (QED) is 0.754. The van der Waals surface area contributed by atoms with Crippen LogP contribution < -0.4 is 5.32 Å². The summed E-state index contributed by atoms with van der Waals surface area (Å²) in [5, 5.41) is 2.71. The summed E-state index contributed by atoms with van der Waals surface area (Å²) in [5.41, 5.74) is -0.918. The smallest absolute Gasteiger partial charge is 0.407 e. The molecule has 1 atom stereocenters. The van der Waals surface area contributed by atoms with Gasteiger partial charge in [-0.3, -0.25) is 0 Å². The lowest BCUT2D eigenvalue weighted by Gasteiger charge is -2.25. The summed E-state index contributed by atoms with van der Waals surface area (Å²) in [7, 11) is 0. The normalized spacial score (nSPS) is 14.1. The second kappa shape index (κ2) is 5.32. The summed E-state index contributed by atoms with van der Waals surface area (Å²) in [6.45, 7) is 11.0. The zero-order valence-corrected chi connectivity index (χ0v) is 11.1. The molecule has 4 nitrogen and oxygen atoms in total. The Morgan fingerprint density at radius 1 is 1.31 bits per heavy atom. The number of aldehydes is 1. The van der Waals surface area contributed by atoms with Gasteiger partial charge in [-0.25, -0.2) is 4.79 Å². The second-order valence-corrected chi connectivity index (χ2v) is 5.86. The Morgan fingerprint density at radius 2 is 1.81 bits per heavy atom. The minimum atomic E-state index is -0.496. The molecule has 0 heterocycles. The van der Waals surface area contributed by atoms with Gasteiger partial charge in [-0.15, -0.1) is 0 Å². The van der Waals surface area contributed by atoms with E-state index in [0.29, 0.717) is 6.42 Å². The van der Waals surface area contributed by atoms with Gasteiger partial charge in [0, 0.05) is 11.5 Å². The third-order valence-electron chi connectivity index (χ3n) is 1.91. The highest BCUT2D eigenvalue weighted by Crippen LogP contribution is 2.19. The first-order chi connectivity index (χ1) is 7.06. The van der Waals surface area contributed by atoms with Crippen LogP contribution in [0.3, 0.4) is 0 Å². The van der Waals surface area contributed by atoms with Crippen LogP contribution in [-0.2, 0) is 9.53 Å². The zero-order chi connectivity index (χ0) is 13.0. The zero-order valence-electron chi connectivity index (χ0n) is 11.1. The summed E-state index contributed by atoms with van der Waals surface area (Å²) in [6.07, 6.45) is 1.05. The number of amides is 1. The third-order valence-corrected chi connectivity index (χ3v) is 1.91. The first-order valence-corrected chi connectivity index (χ1v) is 5.51. The molecule has 1 N–H and O–H groups in total. The van der Waals surface area contributed by atoms with Gasteiger partial charge in [-0.2, -0.15) is 0 Å². The predicted molar refractivity (Wildman–Crippen MR) is 63.3 cm³/mol. The molecule has 0 aromatic rings. The molecule has 0 aliphatic rings. The van der Waals surface area contributed by atoms with Crippen molar-refractivity contribution in [3.8, 4) is 0 Å². The van der Waals surface area contributed by atoms with Gasteiger partial charge in [0.25, 0.3) is 0 Å². The van der Waals surface area contributed by atoms with Crippen molar-refractivity contribution in [3.05, 3.63) is 0 Å². The van der Waals surface area contributed by atoms with Crippen LogP contribution >= 0.6 is 0 Å². The molecule has 0 radical (unpaired) electrons. The summed E-state index contributed by atoms with van der Waals surface area (Å²) < 4.78 is 5.12. The molecule has 0 aliphatic heterocycles. The lowest BCUT2D eigenvalue weighted by atomic mass is 9.88. The Labute approximate surface area is 97.7 Å². The molecule has 16 heavy (non-hydrogen) atoms. The Bertz CT molecular complexity index is 253. The Hall–Kier alpha value is -1.06. The number of hydrogen-bond acceptors (Lipinski definition) is 3. The van der Waals surface area contributed by atoms with Crippen molar-refractivity contribution in [2.45, 2.75) is 59.6 Å². The average molecular weight is 229 g/mol. The molecule has 1 amide bonds. The van der Waals surface area contributed by atoms with E-state index in [1.165, 1.54) is 0 Å². The van der Waals surface area contributed by atoms with E-state index in [-0.39, 0.29) is 6.04 Å². The third kappa shape index (κ3) is 7.26. The van der Waals surface area contributed by atoms with Crippen LogP contribution in [-0.4, -0.2) is 24.0 Å². The molecule has 94 valence electrons. The number of hydrogen-bond donors (Lipinski definition) is 1. The fourth-order valence-electron chi connectivity index (χ4n) is 1.40. The number of rotatable bonds is 4. The fourth-order valence-corrected chi connectivity index (χ4v) is 1.40. The molecule has 0 spiro atoms. The molecule has 0 aromatic carbocycles. The number of carbonyl (C=O) groups excluding carboxylic acids is 2. The van der Waals surface area contributed by atoms with Gasteiger partial charge < -0.3 is 14.8 Å². The maximum atomic E-state index is 11.4. The van der Waals surface area contributed by atoms with E-state index in [0.717, 1.165) is 6.29 Å². The maximum Gasteiger partial charge on any atom is 0.407 e. The molecule has 0 saturated carbocycles. The van der Waals surface area contributed by atoms with Gasteiger partial charge >= 0.3 is 6.09 Å². The highest BCUT2D eigenvalue weighted by atomic mass is 16.6. The molecule has 0 fully saturated rings. The van der Waals surface area contributed by atoms with Gasteiger partial charge in [-0.1, -0.05) is 13.8 Å². The summed E-state index contributed by atoms with van der Waals surface area (Å²) in [4.78, 5) is 22.2. The minimum Gasteiger partial charge on any atom is -0.444 e. The summed E-state index contributed by atoms with van der Waals surface area (Å²) >= 11 is 0.